The van der Waals surface area contributed by atoms with Crippen LogP contribution >= 0.6 is 39.1 Å². The Balaban J connectivity index is 3.22. The fourth-order valence-corrected chi connectivity index (χ4v) is 1.68. The fourth-order valence-electron chi connectivity index (χ4n) is 0.778. The van der Waals surface area contributed by atoms with Crippen molar-refractivity contribution in [3.05, 3.63) is 26.9 Å². The smallest absolute Gasteiger partial charge is 0.238 e. The van der Waals surface area contributed by atoms with Crippen molar-refractivity contribution < 1.29 is 8.78 Å². The van der Waals surface area contributed by atoms with Gasteiger partial charge in [-0.1, -0.05) is 11.6 Å². The molecule has 0 aliphatic heterocycles. The van der Waals surface area contributed by atoms with Crippen LogP contribution in [-0.2, 0) is 5.88 Å². The predicted molar refractivity (Wildman–Crippen MR) is 51.5 cm³/mol. The highest BCUT2D eigenvalue weighted by molar-refractivity contribution is 9.10. The summed E-state index contributed by atoms with van der Waals surface area (Å²) in [5.74, 6) is 0.0830. The molecule has 6 heteroatoms. The molecule has 0 radical (unpaired) electrons. The normalized spacial score (nSPS) is 10.9. The van der Waals surface area contributed by atoms with Crippen LogP contribution in [0.5, 0.6) is 0 Å². The minimum absolute atomic E-state index is 0.0830. The average Bonchev–Trinajstić information content (AvgIpc) is 2.09. The third kappa shape index (κ3) is 2.51. The molecule has 0 bridgehead atoms. The third-order valence-electron chi connectivity index (χ3n) is 1.38. The topological polar surface area (TPSA) is 12.9 Å². The molecular formula is C7H4BrCl2F2N. The lowest BCUT2D eigenvalue weighted by Crippen LogP contribution is -1.94. The van der Waals surface area contributed by atoms with Gasteiger partial charge in [-0.05, 0) is 27.6 Å². The van der Waals surface area contributed by atoms with Gasteiger partial charge in [-0.25, -0.2) is 13.8 Å². The van der Waals surface area contributed by atoms with Crippen molar-refractivity contribution in [1.29, 1.82) is 0 Å². The molecule has 0 saturated carbocycles. The Morgan fingerprint density at radius 2 is 2.15 bits per heavy atom. The SMILES string of the molecule is FC(F)c1cc(CCl)c(Cl)c(Br)n1. The monoisotopic (exact) mass is 289 g/mol. The minimum atomic E-state index is -2.62. The van der Waals surface area contributed by atoms with E-state index in [0.29, 0.717) is 5.56 Å². The summed E-state index contributed by atoms with van der Waals surface area (Å²) in [5, 5.41) is 0.277. The molecule has 0 saturated heterocycles. The standard InChI is InChI=1S/C7H4BrCl2F2N/c8-6-5(10)3(2-9)1-4(13-6)7(11)12/h1,7H,2H2. The summed E-state index contributed by atoms with van der Waals surface area (Å²) in [5.41, 5.74) is 0.118. The largest absolute Gasteiger partial charge is 0.280 e. The maximum absolute atomic E-state index is 12.2. The number of nitrogens with zero attached hydrogens (tertiary/aromatic N) is 1. The van der Waals surface area contributed by atoms with Crippen molar-refractivity contribution in [2.24, 2.45) is 0 Å². The van der Waals surface area contributed by atoms with Gasteiger partial charge >= 0.3 is 0 Å². The lowest BCUT2D eigenvalue weighted by atomic mass is 10.2. The number of pyridine rings is 1. The second-order valence-corrected chi connectivity index (χ2v) is 3.64. The molecule has 1 aromatic rings. The van der Waals surface area contributed by atoms with Crippen LogP contribution < -0.4 is 0 Å². The number of aromatic nitrogens is 1. The first-order chi connectivity index (χ1) is 6.06. The van der Waals surface area contributed by atoms with Gasteiger partial charge in [-0.15, -0.1) is 11.6 Å². The molecule has 0 spiro atoms. The first-order valence-electron chi connectivity index (χ1n) is 3.25. The van der Waals surface area contributed by atoms with E-state index in [1.165, 1.54) is 6.07 Å². The zero-order valence-electron chi connectivity index (χ0n) is 6.20. The van der Waals surface area contributed by atoms with Crippen LogP contribution in [0.25, 0.3) is 0 Å². The average molecular weight is 291 g/mol. The van der Waals surface area contributed by atoms with Crippen LogP contribution in [0.1, 0.15) is 17.7 Å². The van der Waals surface area contributed by atoms with E-state index in [1.54, 1.807) is 0 Å². The lowest BCUT2D eigenvalue weighted by molar-refractivity contribution is 0.146. The molecule has 1 nitrogen and oxygen atoms in total. The van der Waals surface area contributed by atoms with Crippen molar-refractivity contribution in [2.75, 3.05) is 0 Å². The molecule has 0 aromatic carbocycles. The van der Waals surface area contributed by atoms with E-state index in [1.807, 2.05) is 0 Å². The van der Waals surface area contributed by atoms with E-state index < -0.39 is 6.43 Å². The molecule has 1 rings (SSSR count). The van der Waals surface area contributed by atoms with Gasteiger partial charge in [0, 0.05) is 5.88 Å². The van der Waals surface area contributed by atoms with E-state index in [2.05, 4.69) is 20.9 Å². The van der Waals surface area contributed by atoms with Crippen LogP contribution in [0, 0.1) is 0 Å². The summed E-state index contributed by atoms with van der Waals surface area (Å²) in [6, 6.07) is 1.20. The van der Waals surface area contributed by atoms with Gasteiger partial charge in [0.25, 0.3) is 6.43 Å². The zero-order valence-corrected chi connectivity index (χ0v) is 9.30. The Morgan fingerprint density at radius 1 is 1.54 bits per heavy atom. The Hall–Kier alpha value is 0.0700. The van der Waals surface area contributed by atoms with Crippen LogP contribution in [0.15, 0.2) is 10.7 Å². The van der Waals surface area contributed by atoms with Crippen molar-refractivity contribution in [1.82, 2.24) is 4.98 Å². The van der Waals surface area contributed by atoms with Crippen LogP contribution in [0.3, 0.4) is 0 Å². The van der Waals surface area contributed by atoms with Crippen LogP contribution in [0.2, 0.25) is 5.02 Å². The van der Waals surface area contributed by atoms with Crippen molar-refractivity contribution in [3.8, 4) is 0 Å². The van der Waals surface area contributed by atoms with E-state index in [0.717, 1.165) is 0 Å². The summed E-state index contributed by atoms with van der Waals surface area (Å²) < 4.78 is 24.6. The van der Waals surface area contributed by atoms with Gasteiger partial charge in [0.2, 0.25) is 0 Å². The van der Waals surface area contributed by atoms with Crippen LogP contribution in [-0.4, -0.2) is 4.98 Å². The van der Waals surface area contributed by atoms with Gasteiger partial charge in [0.05, 0.1) is 5.02 Å². The number of hydrogen-bond donors (Lipinski definition) is 0. The second kappa shape index (κ2) is 4.53. The summed E-state index contributed by atoms with van der Waals surface area (Å²) >= 11 is 14.2. The van der Waals surface area contributed by atoms with E-state index >= 15 is 0 Å². The van der Waals surface area contributed by atoms with Gasteiger partial charge in [-0.3, -0.25) is 0 Å². The molecule has 0 fully saturated rings. The third-order valence-corrected chi connectivity index (χ3v) is 2.89. The second-order valence-electron chi connectivity index (χ2n) is 2.25. The highest BCUT2D eigenvalue weighted by Crippen LogP contribution is 2.29. The first-order valence-corrected chi connectivity index (χ1v) is 4.95. The molecule has 0 amide bonds. The molecule has 0 aliphatic rings. The van der Waals surface area contributed by atoms with Crippen molar-refractivity contribution in [2.45, 2.75) is 12.3 Å². The maximum Gasteiger partial charge on any atom is 0.280 e. The summed E-state index contributed by atoms with van der Waals surface area (Å²) in [4.78, 5) is 3.56. The van der Waals surface area contributed by atoms with Gasteiger partial charge < -0.3 is 0 Å². The molecule has 0 atom stereocenters. The maximum atomic E-state index is 12.2. The van der Waals surface area contributed by atoms with Crippen LogP contribution in [0.4, 0.5) is 8.78 Å². The molecule has 72 valence electrons. The molecular weight excluding hydrogens is 287 g/mol. The summed E-state index contributed by atoms with van der Waals surface area (Å²) in [7, 11) is 0. The molecule has 0 unspecified atom stereocenters. The van der Waals surface area contributed by atoms with E-state index in [-0.39, 0.29) is 21.2 Å². The van der Waals surface area contributed by atoms with E-state index in [4.69, 9.17) is 23.2 Å². The Kier molecular flexibility index (Phi) is 3.88. The molecule has 0 N–H and O–H groups in total. The molecule has 1 heterocycles. The zero-order chi connectivity index (χ0) is 10.0. The quantitative estimate of drug-likeness (QED) is 0.588. The fraction of sp³-hybridized carbons (Fsp3) is 0.286. The van der Waals surface area contributed by atoms with Crippen molar-refractivity contribution in [3.63, 3.8) is 0 Å². The van der Waals surface area contributed by atoms with Crippen molar-refractivity contribution >= 4 is 39.1 Å². The van der Waals surface area contributed by atoms with E-state index in [9.17, 15) is 8.78 Å². The highest BCUT2D eigenvalue weighted by Gasteiger charge is 2.14. The Morgan fingerprint density at radius 3 is 2.62 bits per heavy atom. The number of hydrogen-bond acceptors (Lipinski definition) is 1. The minimum Gasteiger partial charge on any atom is -0.238 e. The van der Waals surface area contributed by atoms with Gasteiger partial charge in [0.15, 0.2) is 0 Å². The number of rotatable bonds is 2. The Bertz CT molecular complexity index is 320. The first kappa shape index (κ1) is 11.1. The molecule has 1 aromatic heterocycles. The lowest BCUT2D eigenvalue weighted by Gasteiger charge is -2.05. The number of halogens is 5. The summed E-state index contributed by atoms with van der Waals surface area (Å²) in [6.45, 7) is 0. The number of alkyl halides is 3. The Labute approximate surface area is 92.2 Å². The molecule has 13 heavy (non-hydrogen) atoms. The summed E-state index contributed by atoms with van der Waals surface area (Å²) in [6.07, 6.45) is -2.62. The highest BCUT2D eigenvalue weighted by atomic mass is 79.9. The van der Waals surface area contributed by atoms with Gasteiger partial charge in [-0.2, -0.15) is 0 Å². The predicted octanol–water partition coefficient (Wildman–Crippen LogP) is 4.17. The van der Waals surface area contributed by atoms with Gasteiger partial charge in [0.1, 0.15) is 10.3 Å². The molecule has 0 aliphatic carbocycles.